The summed E-state index contributed by atoms with van der Waals surface area (Å²) in [7, 11) is 0. The number of hydrogen-bond acceptors (Lipinski definition) is 6. The lowest BCUT2D eigenvalue weighted by molar-refractivity contribution is -0.130. The second-order valence-corrected chi connectivity index (χ2v) is 9.53. The molecule has 176 valence electrons. The molecule has 7 heteroatoms. The van der Waals surface area contributed by atoms with E-state index in [4.69, 9.17) is 4.74 Å². The first kappa shape index (κ1) is 23.7. The third-order valence-corrected chi connectivity index (χ3v) is 6.89. The van der Waals surface area contributed by atoms with Crippen molar-refractivity contribution in [1.82, 2.24) is 9.88 Å². The molecule has 2 heterocycles. The van der Waals surface area contributed by atoms with Crippen molar-refractivity contribution in [3.8, 4) is 5.75 Å². The van der Waals surface area contributed by atoms with E-state index in [-0.39, 0.29) is 17.9 Å². The zero-order valence-electron chi connectivity index (χ0n) is 19.6. The number of benzene rings is 2. The van der Waals surface area contributed by atoms with Crippen molar-refractivity contribution >= 4 is 23.0 Å². The number of unbranched alkanes of at least 4 members (excludes halogenated alkanes) is 1. The Labute approximate surface area is 203 Å². The number of rotatable bonds is 9. The Morgan fingerprint density at radius 1 is 1.12 bits per heavy atom. The zero-order chi connectivity index (χ0) is 24.2. The lowest BCUT2D eigenvalue weighted by Gasteiger charge is -2.27. The Bertz CT molecular complexity index is 1220. The minimum atomic E-state index is -0.716. The number of Topliss-reactive ketones (excluding diaryl/α,β-unsaturated/α-hetero) is 1. The molecule has 1 aliphatic heterocycles. The van der Waals surface area contributed by atoms with Gasteiger partial charge in [-0.15, -0.1) is 11.3 Å². The molecule has 2 aromatic carbocycles. The van der Waals surface area contributed by atoms with Crippen molar-refractivity contribution in [1.29, 1.82) is 0 Å². The molecule has 1 N–H and O–H groups in total. The van der Waals surface area contributed by atoms with E-state index in [2.05, 4.69) is 11.9 Å². The summed E-state index contributed by atoms with van der Waals surface area (Å²) >= 11 is 1.27. The Morgan fingerprint density at radius 3 is 2.44 bits per heavy atom. The van der Waals surface area contributed by atoms with Crippen LogP contribution in [0.5, 0.6) is 5.75 Å². The van der Waals surface area contributed by atoms with Gasteiger partial charge in [-0.3, -0.25) is 9.59 Å². The summed E-state index contributed by atoms with van der Waals surface area (Å²) in [6, 6.07) is 16.2. The highest BCUT2D eigenvalue weighted by Crippen LogP contribution is 2.41. The molecule has 0 aliphatic carbocycles. The molecule has 1 aliphatic rings. The largest absolute Gasteiger partial charge is 0.503 e. The molecule has 0 saturated heterocycles. The number of aromatic nitrogens is 1. The van der Waals surface area contributed by atoms with E-state index in [9.17, 15) is 14.7 Å². The minimum absolute atomic E-state index is 0.0901. The quantitative estimate of drug-likeness (QED) is 0.316. The predicted octanol–water partition coefficient (Wildman–Crippen LogP) is 5.72. The van der Waals surface area contributed by atoms with Gasteiger partial charge in [-0.05, 0) is 43.5 Å². The smallest absolute Gasteiger partial charge is 0.290 e. The molecule has 0 saturated carbocycles. The lowest BCUT2D eigenvalue weighted by atomic mass is 9.94. The maximum atomic E-state index is 13.6. The molecule has 1 amide bonds. The first-order valence-corrected chi connectivity index (χ1v) is 12.2. The van der Waals surface area contributed by atoms with Crippen molar-refractivity contribution in [2.75, 3.05) is 6.61 Å². The number of carbonyl (C=O) groups is 2. The highest BCUT2D eigenvalue weighted by Gasteiger charge is 2.44. The maximum Gasteiger partial charge on any atom is 0.290 e. The van der Waals surface area contributed by atoms with Crippen LogP contribution in [0.25, 0.3) is 0 Å². The Kier molecular flexibility index (Phi) is 7.12. The van der Waals surface area contributed by atoms with E-state index in [0.717, 1.165) is 34.7 Å². The lowest BCUT2D eigenvalue weighted by Crippen LogP contribution is -2.30. The number of aliphatic hydroxyl groups is 1. The topological polar surface area (TPSA) is 79.7 Å². The van der Waals surface area contributed by atoms with Crippen LogP contribution in [0, 0.1) is 13.8 Å². The van der Waals surface area contributed by atoms with Gasteiger partial charge in [0, 0.05) is 6.54 Å². The fraction of sp³-hybridized carbons (Fsp3) is 0.296. The van der Waals surface area contributed by atoms with Gasteiger partial charge in [0.15, 0.2) is 5.76 Å². The van der Waals surface area contributed by atoms with E-state index < -0.39 is 17.7 Å². The van der Waals surface area contributed by atoms with Crippen LogP contribution in [0.15, 0.2) is 65.9 Å². The fourth-order valence-corrected chi connectivity index (χ4v) is 4.99. The monoisotopic (exact) mass is 476 g/mol. The van der Waals surface area contributed by atoms with Crippen molar-refractivity contribution in [3.63, 3.8) is 0 Å². The molecular weight excluding hydrogens is 448 g/mol. The summed E-state index contributed by atoms with van der Waals surface area (Å²) < 4.78 is 5.78. The highest BCUT2D eigenvalue weighted by atomic mass is 32.1. The molecule has 6 nitrogen and oxygen atoms in total. The van der Waals surface area contributed by atoms with Crippen LogP contribution in [-0.2, 0) is 11.3 Å². The number of ether oxygens (including phenoxy) is 1. The van der Waals surface area contributed by atoms with Crippen molar-refractivity contribution < 1.29 is 19.4 Å². The van der Waals surface area contributed by atoms with Gasteiger partial charge >= 0.3 is 0 Å². The summed E-state index contributed by atoms with van der Waals surface area (Å²) in [6.07, 6.45) is 2.01. The number of carbonyl (C=O) groups excluding carboxylic acids is 2. The molecule has 3 aromatic rings. The number of thiazole rings is 1. The van der Waals surface area contributed by atoms with Gasteiger partial charge in [0.25, 0.3) is 5.91 Å². The summed E-state index contributed by atoms with van der Waals surface area (Å²) in [6.45, 7) is 6.60. The summed E-state index contributed by atoms with van der Waals surface area (Å²) in [4.78, 5) is 33.2. The molecule has 0 spiro atoms. The van der Waals surface area contributed by atoms with E-state index in [1.165, 1.54) is 11.3 Å². The highest BCUT2D eigenvalue weighted by molar-refractivity contribution is 7.14. The first-order valence-electron chi connectivity index (χ1n) is 11.4. The fourth-order valence-electron chi connectivity index (χ4n) is 4.12. The third-order valence-electron chi connectivity index (χ3n) is 5.82. The van der Waals surface area contributed by atoms with E-state index in [1.807, 2.05) is 61.5 Å². The average Bonchev–Trinajstić information content (AvgIpc) is 3.30. The molecule has 0 fully saturated rings. The maximum absolute atomic E-state index is 13.6. The number of nitrogens with zero attached hydrogens (tertiary/aromatic N) is 2. The standard InChI is InChI=1S/C27H28N2O4S/c1-4-5-15-33-21-13-11-20(12-14-21)23-22(24(30)26-17(2)28-18(3)34-26)25(31)27(32)29(23)16-19-9-7-6-8-10-19/h6-14,23,31H,4-5,15-16H2,1-3H3. The second kappa shape index (κ2) is 10.2. The number of hydrogen-bond donors (Lipinski definition) is 1. The first-order chi connectivity index (χ1) is 16.4. The molecule has 0 radical (unpaired) electrons. The molecule has 1 atom stereocenters. The van der Waals surface area contributed by atoms with E-state index >= 15 is 0 Å². The normalized spacial score (nSPS) is 15.8. The molecule has 34 heavy (non-hydrogen) atoms. The van der Waals surface area contributed by atoms with Gasteiger partial charge in [-0.25, -0.2) is 4.98 Å². The molecule has 1 unspecified atom stereocenters. The second-order valence-electron chi connectivity index (χ2n) is 8.33. The van der Waals surface area contributed by atoms with Gasteiger partial charge < -0.3 is 14.7 Å². The number of amides is 1. The number of ketones is 1. The van der Waals surface area contributed by atoms with Gasteiger partial charge in [-0.1, -0.05) is 55.8 Å². The SMILES string of the molecule is CCCCOc1ccc(C2C(C(=O)c3sc(C)nc3C)=C(O)C(=O)N2Cc2ccccc2)cc1. The summed E-state index contributed by atoms with van der Waals surface area (Å²) in [5.41, 5.74) is 2.33. The van der Waals surface area contributed by atoms with Crippen LogP contribution in [0.3, 0.4) is 0 Å². The number of aryl methyl sites for hydroxylation is 2. The van der Waals surface area contributed by atoms with Crippen LogP contribution >= 0.6 is 11.3 Å². The van der Waals surface area contributed by atoms with Crippen LogP contribution in [-0.4, -0.2) is 33.3 Å². The van der Waals surface area contributed by atoms with Crippen molar-refractivity contribution in [2.24, 2.45) is 0 Å². The van der Waals surface area contributed by atoms with Crippen LogP contribution in [0.1, 0.15) is 57.3 Å². The van der Waals surface area contributed by atoms with Gasteiger partial charge in [0.1, 0.15) is 5.75 Å². The van der Waals surface area contributed by atoms with Crippen LogP contribution in [0.2, 0.25) is 0 Å². The van der Waals surface area contributed by atoms with Crippen molar-refractivity contribution in [3.05, 3.63) is 92.6 Å². The van der Waals surface area contributed by atoms with Crippen molar-refractivity contribution in [2.45, 2.75) is 46.2 Å². The Hall–Kier alpha value is -3.45. The zero-order valence-corrected chi connectivity index (χ0v) is 20.4. The Morgan fingerprint density at radius 2 is 1.82 bits per heavy atom. The predicted molar refractivity (Wildman–Crippen MR) is 132 cm³/mol. The molecule has 4 rings (SSSR count). The number of aliphatic hydroxyl groups excluding tert-OH is 1. The van der Waals surface area contributed by atoms with E-state index in [0.29, 0.717) is 17.2 Å². The summed E-state index contributed by atoms with van der Waals surface area (Å²) in [5.74, 6) is -0.692. The minimum Gasteiger partial charge on any atom is -0.503 e. The van der Waals surface area contributed by atoms with Gasteiger partial charge in [0.2, 0.25) is 5.78 Å². The van der Waals surface area contributed by atoms with Crippen LogP contribution < -0.4 is 4.74 Å². The molecular formula is C27H28N2O4S. The average molecular weight is 477 g/mol. The molecule has 1 aromatic heterocycles. The van der Waals surface area contributed by atoms with E-state index in [1.54, 1.807) is 11.8 Å². The Balaban J connectivity index is 1.73. The van der Waals surface area contributed by atoms with Gasteiger partial charge in [0.05, 0.1) is 33.8 Å². The molecule has 0 bridgehead atoms. The summed E-state index contributed by atoms with van der Waals surface area (Å²) in [5, 5.41) is 11.7. The van der Waals surface area contributed by atoms with Gasteiger partial charge in [-0.2, -0.15) is 0 Å². The van der Waals surface area contributed by atoms with Crippen LogP contribution in [0.4, 0.5) is 0 Å². The third kappa shape index (κ3) is 4.75.